The van der Waals surface area contributed by atoms with Gasteiger partial charge < -0.3 is 15.7 Å². The molecule has 2 rings (SSSR count). The highest BCUT2D eigenvalue weighted by molar-refractivity contribution is 7.12. The lowest BCUT2D eigenvalue weighted by Gasteiger charge is -2.13. The van der Waals surface area contributed by atoms with Gasteiger partial charge in [-0.25, -0.2) is 0 Å². The first-order valence-electron chi connectivity index (χ1n) is 8.20. The number of carbonyl (C=O) groups excluding carboxylic acids is 2. The van der Waals surface area contributed by atoms with E-state index in [1.807, 2.05) is 18.4 Å². The number of anilines is 2. The second-order valence-electron chi connectivity index (χ2n) is 5.62. The fourth-order valence-electron chi connectivity index (χ4n) is 2.26. The van der Waals surface area contributed by atoms with Gasteiger partial charge in [0.25, 0.3) is 5.91 Å². The Bertz CT molecular complexity index is 744. The van der Waals surface area contributed by atoms with Crippen LogP contribution < -0.4 is 16.0 Å². The zero-order valence-corrected chi connectivity index (χ0v) is 15.1. The average Bonchev–Trinajstić information content (AvgIpc) is 3.15. The van der Waals surface area contributed by atoms with E-state index in [0.29, 0.717) is 29.1 Å². The number of benzene rings is 1. The van der Waals surface area contributed by atoms with Crippen molar-refractivity contribution < 1.29 is 19.5 Å². The predicted molar refractivity (Wildman–Crippen MR) is 102 cm³/mol. The van der Waals surface area contributed by atoms with Gasteiger partial charge in [0.05, 0.1) is 11.4 Å². The van der Waals surface area contributed by atoms with Crippen LogP contribution in [0.2, 0.25) is 0 Å². The number of hydrogen-bond donors (Lipinski definition) is 4. The minimum absolute atomic E-state index is 0.0895. The number of rotatable bonds is 9. The molecule has 4 N–H and O–H groups in total. The van der Waals surface area contributed by atoms with Crippen molar-refractivity contribution in [1.82, 2.24) is 5.32 Å². The molecule has 7 nitrogen and oxygen atoms in total. The number of carboxylic acid groups (broad SMARTS) is 1. The molecule has 0 bridgehead atoms. The van der Waals surface area contributed by atoms with Crippen LogP contribution in [0.15, 0.2) is 41.8 Å². The quantitative estimate of drug-likeness (QED) is 0.539. The van der Waals surface area contributed by atoms with Crippen LogP contribution >= 0.6 is 11.3 Å². The van der Waals surface area contributed by atoms with Crippen molar-refractivity contribution in [3.8, 4) is 0 Å². The van der Waals surface area contributed by atoms with Gasteiger partial charge in [-0.3, -0.25) is 19.7 Å². The van der Waals surface area contributed by atoms with Gasteiger partial charge >= 0.3 is 5.97 Å². The van der Waals surface area contributed by atoms with Crippen molar-refractivity contribution in [2.24, 2.45) is 0 Å². The SMILES string of the molecule is CCCC(NCC(=O)Nc1ccc(NC(=O)c2cccs2)cc1)C(=O)O. The van der Waals surface area contributed by atoms with E-state index in [0.717, 1.165) is 0 Å². The number of hydrogen-bond acceptors (Lipinski definition) is 5. The fourth-order valence-corrected chi connectivity index (χ4v) is 2.88. The molecule has 0 aliphatic rings. The molecule has 0 aliphatic carbocycles. The lowest BCUT2D eigenvalue weighted by molar-refractivity contribution is -0.139. The van der Waals surface area contributed by atoms with Crippen LogP contribution in [0, 0.1) is 0 Å². The van der Waals surface area contributed by atoms with Gasteiger partial charge in [0.2, 0.25) is 5.91 Å². The van der Waals surface area contributed by atoms with Crippen molar-refractivity contribution in [2.45, 2.75) is 25.8 Å². The molecule has 1 atom stereocenters. The fraction of sp³-hybridized carbons (Fsp3) is 0.278. The third-order valence-electron chi connectivity index (χ3n) is 3.56. The number of thiophene rings is 1. The van der Waals surface area contributed by atoms with Crippen molar-refractivity contribution in [3.63, 3.8) is 0 Å². The normalized spacial score (nSPS) is 11.6. The average molecular weight is 375 g/mol. The van der Waals surface area contributed by atoms with Gasteiger partial charge in [-0.15, -0.1) is 11.3 Å². The summed E-state index contributed by atoms with van der Waals surface area (Å²) in [6, 6.07) is 9.52. The Labute approximate surface area is 155 Å². The molecule has 0 fully saturated rings. The highest BCUT2D eigenvalue weighted by atomic mass is 32.1. The van der Waals surface area contributed by atoms with Gasteiger partial charge in [0.15, 0.2) is 0 Å². The molecule has 8 heteroatoms. The summed E-state index contributed by atoms with van der Waals surface area (Å²) in [4.78, 5) is 35.6. The Morgan fingerprint density at radius 1 is 1.08 bits per heavy atom. The van der Waals surface area contributed by atoms with Crippen LogP contribution in [0.25, 0.3) is 0 Å². The molecule has 0 saturated carbocycles. The highest BCUT2D eigenvalue weighted by Crippen LogP contribution is 2.16. The van der Waals surface area contributed by atoms with Gasteiger partial charge in [-0.2, -0.15) is 0 Å². The van der Waals surface area contributed by atoms with Crippen molar-refractivity contribution >= 4 is 40.5 Å². The van der Waals surface area contributed by atoms with Crippen LogP contribution in [0.5, 0.6) is 0 Å². The maximum absolute atomic E-state index is 12.0. The molecule has 2 amide bonds. The number of carboxylic acids is 1. The second-order valence-corrected chi connectivity index (χ2v) is 6.57. The Morgan fingerprint density at radius 2 is 1.73 bits per heavy atom. The molecule has 1 unspecified atom stereocenters. The van der Waals surface area contributed by atoms with Crippen molar-refractivity contribution in [3.05, 3.63) is 46.7 Å². The summed E-state index contributed by atoms with van der Waals surface area (Å²) in [5.41, 5.74) is 1.18. The Morgan fingerprint density at radius 3 is 2.27 bits per heavy atom. The molecule has 2 aromatic rings. The lowest BCUT2D eigenvalue weighted by Crippen LogP contribution is -2.41. The summed E-state index contributed by atoms with van der Waals surface area (Å²) in [5.74, 6) is -1.48. The Kier molecular flexibility index (Phi) is 7.31. The van der Waals surface area contributed by atoms with Gasteiger partial charge in [0.1, 0.15) is 6.04 Å². The van der Waals surface area contributed by atoms with Crippen molar-refractivity contribution in [1.29, 1.82) is 0 Å². The number of amides is 2. The number of nitrogens with one attached hydrogen (secondary N) is 3. The smallest absolute Gasteiger partial charge is 0.320 e. The van der Waals surface area contributed by atoms with Crippen LogP contribution in [-0.4, -0.2) is 35.5 Å². The maximum atomic E-state index is 12.0. The molecule has 1 aromatic carbocycles. The van der Waals surface area contributed by atoms with E-state index < -0.39 is 12.0 Å². The highest BCUT2D eigenvalue weighted by Gasteiger charge is 2.16. The minimum Gasteiger partial charge on any atom is -0.480 e. The summed E-state index contributed by atoms with van der Waals surface area (Å²) in [6.45, 7) is 1.80. The van der Waals surface area contributed by atoms with Gasteiger partial charge in [-0.1, -0.05) is 19.4 Å². The Hall–Kier alpha value is -2.71. The maximum Gasteiger partial charge on any atom is 0.320 e. The third kappa shape index (κ3) is 5.98. The van der Waals surface area contributed by atoms with Gasteiger partial charge in [0, 0.05) is 11.4 Å². The van der Waals surface area contributed by atoms with E-state index in [9.17, 15) is 14.4 Å². The Balaban J connectivity index is 1.83. The number of carbonyl (C=O) groups is 3. The lowest BCUT2D eigenvalue weighted by atomic mass is 10.2. The van der Waals surface area contributed by atoms with Crippen LogP contribution in [-0.2, 0) is 9.59 Å². The second kappa shape index (κ2) is 9.69. The monoisotopic (exact) mass is 375 g/mol. The predicted octanol–water partition coefficient (Wildman–Crippen LogP) is 2.78. The third-order valence-corrected chi connectivity index (χ3v) is 4.42. The molecular weight excluding hydrogens is 354 g/mol. The molecule has 0 aliphatic heterocycles. The summed E-state index contributed by atoms with van der Waals surface area (Å²) >= 11 is 1.36. The molecule has 0 spiro atoms. The molecule has 1 aromatic heterocycles. The minimum atomic E-state index is -0.967. The molecule has 138 valence electrons. The first kappa shape index (κ1) is 19.6. The van der Waals surface area contributed by atoms with E-state index in [-0.39, 0.29) is 18.4 Å². The van der Waals surface area contributed by atoms with Crippen LogP contribution in [0.3, 0.4) is 0 Å². The molecule has 0 radical (unpaired) electrons. The van der Waals surface area contributed by atoms with Crippen molar-refractivity contribution in [2.75, 3.05) is 17.2 Å². The van der Waals surface area contributed by atoms with E-state index in [2.05, 4.69) is 16.0 Å². The molecule has 1 heterocycles. The topological polar surface area (TPSA) is 108 Å². The van der Waals surface area contributed by atoms with E-state index >= 15 is 0 Å². The summed E-state index contributed by atoms with van der Waals surface area (Å²) in [5, 5.41) is 19.1. The summed E-state index contributed by atoms with van der Waals surface area (Å²) < 4.78 is 0. The standard InChI is InChI=1S/C18H21N3O4S/c1-2-4-14(18(24)25)19-11-16(22)20-12-6-8-13(9-7-12)21-17(23)15-5-3-10-26-15/h3,5-10,14,19H,2,4,11H2,1H3,(H,20,22)(H,21,23)(H,24,25). The van der Waals surface area contributed by atoms with E-state index in [1.165, 1.54) is 11.3 Å². The first-order chi connectivity index (χ1) is 12.5. The van der Waals surface area contributed by atoms with Crippen LogP contribution in [0.1, 0.15) is 29.4 Å². The zero-order chi connectivity index (χ0) is 18.9. The molecule has 26 heavy (non-hydrogen) atoms. The van der Waals surface area contributed by atoms with Crippen LogP contribution in [0.4, 0.5) is 11.4 Å². The van der Waals surface area contributed by atoms with Gasteiger partial charge in [-0.05, 0) is 42.1 Å². The summed E-state index contributed by atoms with van der Waals surface area (Å²) in [6.07, 6.45) is 1.17. The first-order valence-corrected chi connectivity index (χ1v) is 9.08. The van der Waals surface area contributed by atoms with E-state index in [1.54, 1.807) is 30.3 Å². The number of aliphatic carboxylic acids is 1. The molecular formula is C18H21N3O4S. The zero-order valence-electron chi connectivity index (χ0n) is 14.3. The molecule has 0 saturated heterocycles. The largest absolute Gasteiger partial charge is 0.480 e. The van der Waals surface area contributed by atoms with E-state index in [4.69, 9.17) is 5.11 Å². The summed E-state index contributed by atoms with van der Waals surface area (Å²) in [7, 11) is 0.